The van der Waals surface area contributed by atoms with E-state index in [9.17, 15) is 8.78 Å². The van der Waals surface area contributed by atoms with Crippen LogP contribution in [0.5, 0.6) is 0 Å². The molecule has 3 nitrogen and oxygen atoms in total. The van der Waals surface area contributed by atoms with Crippen LogP contribution in [0.1, 0.15) is 30.6 Å². The number of hydrogen-bond donors (Lipinski definition) is 0. The van der Waals surface area contributed by atoms with Crippen LogP contribution in [0.4, 0.5) is 8.78 Å². The molecule has 0 spiro atoms. The minimum atomic E-state index is -2.61. The van der Waals surface area contributed by atoms with E-state index in [2.05, 4.69) is 9.94 Å². The van der Waals surface area contributed by atoms with Crippen molar-refractivity contribution < 1.29 is 8.78 Å². The fourth-order valence-electron chi connectivity index (χ4n) is 1.09. The quantitative estimate of drug-likeness (QED) is 0.648. The first-order valence-corrected chi connectivity index (χ1v) is 3.74. The van der Waals surface area contributed by atoms with Gasteiger partial charge in [0.05, 0.1) is 5.56 Å². The maximum Gasteiger partial charge on any atom is 0.282 e. The van der Waals surface area contributed by atoms with Crippen LogP contribution in [0.2, 0.25) is 0 Å². The summed E-state index contributed by atoms with van der Waals surface area (Å²) in [5.41, 5.74) is 0.0264. The molecule has 1 aromatic heterocycles. The summed E-state index contributed by atoms with van der Waals surface area (Å²) in [6, 6.07) is -0.558. The van der Waals surface area contributed by atoms with Gasteiger partial charge in [-0.05, 0) is 0 Å². The third-order valence-corrected chi connectivity index (χ3v) is 1.74. The average molecular weight is 185 g/mol. The number of halogens is 2. The third kappa shape index (κ3) is 1.83. The Hall–Kier alpha value is -1.44. The number of hydrogen-bond acceptors (Lipinski definition) is 1. The van der Waals surface area contributed by atoms with Crippen molar-refractivity contribution in [1.82, 2.24) is 9.78 Å². The van der Waals surface area contributed by atoms with Gasteiger partial charge in [0, 0.05) is 20.2 Å². The van der Waals surface area contributed by atoms with Gasteiger partial charge in [-0.2, -0.15) is 5.10 Å². The van der Waals surface area contributed by atoms with Crippen LogP contribution < -0.4 is 0 Å². The van der Waals surface area contributed by atoms with E-state index in [4.69, 9.17) is 6.57 Å². The van der Waals surface area contributed by atoms with Crippen LogP contribution in [-0.2, 0) is 7.05 Å². The Morgan fingerprint density at radius 2 is 2.23 bits per heavy atom. The molecule has 70 valence electrons. The lowest BCUT2D eigenvalue weighted by Crippen LogP contribution is -1.94. The Bertz CT molecular complexity index is 338. The molecule has 1 heterocycles. The Balaban J connectivity index is 3.13. The summed E-state index contributed by atoms with van der Waals surface area (Å²) in [4.78, 5) is 3.18. The van der Waals surface area contributed by atoms with E-state index in [1.54, 1.807) is 14.0 Å². The molecule has 1 atom stereocenters. The number of aryl methyl sites for hydroxylation is 1. The Kier molecular flexibility index (Phi) is 2.61. The molecule has 0 N–H and O–H groups in total. The van der Waals surface area contributed by atoms with Crippen molar-refractivity contribution in [3.63, 3.8) is 0 Å². The lowest BCUT2D eigenvalue weighted by molar-refractivity contribution is 0.144. The second-order valence-corrected chi connectivity index (χ2v) is 2.75. The van der Waals surface area contributed by atoms with Crippen molar-refractivity contribution in [2.75, 3.05) is 0 Å². The first kappa shape index (κ1) is 9.65. The van der Waals surface area contributed by atoms with Crippen LogP contribution in [0.25, 0.3) is 4.85 Å². The van der Waals surface area contributed by atoms with E-state index in [1.807, 2.05) is 0 Å². The molecule has 0 saturated carbocycles. The molecule has 13 heavy (non-hydrogen) atoms. The third-order valence-electron chi connectivity index (χ3n) is 1.74. The van der Waals surface area contributed by atoms with Crippen LogP contribution in [0.3, 0.4) is 0 Å². The van der Waals surface area contributed by atoms with Gasteiger partial charge in [-0.15, -0.1) is 0 Å². The van der Waals surface area contributed by atoms with E-state index in [0.29, 0.717) is 5.56 Å². The van der Waals surface area contributed by atoms with E-state index >= 15 is 0 Å². The molecule has 0 saturated heterocycles. The number of rotatable bonds is 2. The van der Waals surface area contributed by atoms with E-state index in [-0.39, 0.29) is 5.69 Å². The molecule has 1 unspecified atom stereocenters. The molecular formula is C8H9F2N3. The molecule has 0 radical (unpaired) electrons. The van der Waals surface area contributed by atoms with Gasteiger partial charge >= 0.3 is 0 Å². The second kappa shape index (κ2) is 3.52. The van der Waals surface area contributed by atoms with Crippen LogP contribution in [0, 0.1) is 6.57 Å². The maximum absolute atomic E-state index is 12.4. The fourth-order valence-corrected chi connectivity index (χ4v) is 1.09. The zero-order valence-corrected chi connectivity index (χ0v) is 7.33. The zero-order valence-electron chi connectivity index (χ0n) is 7.33. The number of aromatic nitrogens is 2. The highest BCUT2D eigenvalue weighted by molar-refractivity contribution is 5.24. The van der Waals surface area contributed by atoms with E-state index in [1.165, 1.54) is 10.9 Å². The van der Waals surface area contributed by atoms with Gasteiger partial charge in [-0.25, -0.2) is 15.4 Å². The summed E-state index contributed by atoms with van der Waals surface area (Å²) in [6.45, 7) is 8.32. The monoisotopic (exact) mass is 185 g/mol. The van der Waals surface area contributed by atoms with Crippen molar-refractivity contribution in [3.05, 3.63) is 28.9 Å². The standard InChI is InChI=1S/C8H9F2N3/c1-5(11-2)6-4-13(3)12-7(6)8(9)10/h4-5,8H,1,3H3. The SMILES string of the molecule is [C-]#[N+]C(C)c1cn(C)nc1C(F)F. The first-order valence-electron chi connectivity index (χ1n) is 3.74. The van der Waals surface area contributed by atoms with Crippen molar-refractivity contribution in [2.24, 2.45) is 7.05 Å². The summed E-state index contributed by atoms with van der Waals surface area (Å²) >= 11 is 0. The summed E-state index contributed by atoms with van der Waals surface area (Å²) in [7, 11) is 1.56. The molecule has 0 fully saturated rings. The van der Waals surface area contributed by atoms with Gasteiger partial charge in [0.2, 0.25) is 6.04 Å². The van der Waals surface area contributed by atoms with Crippen molar-refractivity contribution in [3.8, 4) is 0 Å². The van der Waals surface area contributed by atoms with Crippen LogP contribution in [-0.4, -0.2) is 9.78 Å². The van der Waals surface area contributed by atoms with Gasteiger partial charge in [0.1, 0.15) is 5.69 Å². The lowest BCUT2D eigenvalue weighted by Gasteiger charge is -1.98. The smallest absolute Gasteiger partial charge is 0.282 e. The largest absolute Gasteiger partial charge is 0.309 e. The summed E-state index contributed by atoms with van der Waals surface area (Å²) < 4.78 is 26.0. The number of nitrogens with zero attached hydrogens (tertiary/aromatic N) is 3. The van der Waals surface area contributed by atoms with Crippen molar-refractivity contribution in [2.45, 2.75) is 19.4 Å². The van der Waals surface area contributed by atoms with Crippen LogP contribution in [0.15, 0.2) is 6.20 Å². The molecule has 0 aliphatic rings. The highest BCUT2D eigenvalue weighted by atomic mass is 19.3. The van der Waals surface area contributed by atoms with Gasteiger partial charge in [-0.1, -0.05) is 0 Å². The second-order valence-electron chi connectivity index (χ2n) is 2.75. The Morgan fingerprint density at radius 1 is 1.62 bits per heavy atom. The summed E-state index contributed by atoms with van der Waals surface area (Å²) in [6.07, 6.45) is -1.15. The highest BCUT2D eigenvalue weighted by Gasteiger charge is 2.23. The highest BCUT2D eigenvalue weighted by Crippen LogP contribution is 2.27. The predicted octanol–water partition coefficient (Wildman–Crippen LogP) is 2.34. The first-order chi connectivity index (χ1) is 6.06. The minimum Gasteiger partial charge on any atom is -0.309 e. The molecular weight excluding hydrogens is 176 g/mol. The van der Waals surface area contributed by atoms with Crippen LogP contribution >= 0.6 is 0 Å². The van der Waals surface area contributed by atoms with Gasteiger partial charge < -0.3 is 4.85 Å². The molecule has 1 rings (SSSR count). The maximum atomic E-state index is 12.4. The minimum absolute atomic E-state index is 0.286. The lowest BCUT2D eigenvalue weighted by atomic mass is 10.1. The molecule has 0 aromatic carbocycles. The zero-order chi connectivity index (χ0) is 10.0. The molecule has 5 heteroatoms. The summed E-state index contributed by atoms with van der Waals surface area (Å²) in [5.74, 6) is 0. The predicted molar refractivity (Wildman–Crippen MR) is 43.2 cm³/mol. The number of alkyl halides is 2. The molecule has 0 bridgehead atoms. The Morgan fingerprint density at radius 3 is 2.69 bits per heavy atom. The van der Waals surface area contributed by atoms with Gasteiger partial charge in [0.25, 0.3) is 6.43 Å². The molecule has 0 aliphatic carbocycles. The molecule has 0 aliphatic heterocycles. The van der Waals surface area contributed by atoms with Crippen molar-refractivity contribution in [1.29, 1.82) is 0 Å². The topological polar surface area (TPSA) is 22.2 Å². The van der Waals surface area contributed by atoms with Gasteiger partial charge in [0.15, 0.2) is 0 Å². The Labute approximate surface area is 74.8 Å². The van der Waals surface area contributed by atoms with E-state index < -0.39 is 12.5 Å². The fraction of sp³-hybridized carbons (Fsp3) is 0.500. The van der Waals surface area contributed by atoms with Crippen molar-refractivity contribution >= 4 is 0 Å². The normalized spacial score (nSPS) is 12.9. The van der Waals surface area contributed by atoms with Gasteiger partial charge in [-0.3, -0.25) is 4.68 Å². The van der Waals surface area contributed by atoms with E-state index in [0.717, 1.165) is 0 Å². The average Bonchev–Trinajstić information content (AvgIpc) is 2.46. The summed E-state index contributed by atoms with van der Waals surface area (Å²) in [5, 5.41) is 3.60. The molecule has 0 amide bonds. The molecule has 1 aromatic rings.